The lowest BCUT2D eigenvalue weighted by molar-refractivity contribution is -0.143. The fraction of sp³-hybridized carbons (Fsp3) is 0.500. The highest BCUT2D eigenvalue weighted by atomic mass is 35.5. The van der Waals surface area contributed by atoms with Crippen LogP contribution >= 0.6 is 11.6 Å². The van der Waals surface area contributed by atoms with Crippen LogP contribution in [0.2, 0.25) is 5.02 Å². The lowest BCUT2D eigenvalue weighted by atomic mass is 9.93. The number of piperidine rings is 1. The van der Waals surface area contributed by atoms with Crippen LogP contribution in [-0.2, 0) is 14.8 Å². The van der Waals surface area contributed by atoms with Crippen molar-refractivity contribution in [2.24, 2.45) is 5.92 Å². The van der Waals surface area contributed by atoms with Crippen molar-refractivity contribution in [1.82, 2.24) is 4.31 Å². The Morgan fingerprint density at radius 2 is 2.10 bits per heavy atom. The normalized spacial score (nSPS) is 24.0. The Morgan fingerprint density at radius 3 is 2.62 bits per heavy atom. The second kappa shape index (κ2) is 5.94. The fourth-order valence-corrected chi connectivity index (χ4v) is 4.90. The molecule has 1 fully saturated rings. The minimum Gasteiger partial charge on any atom is -0.481 e. The molecule has 5 nitrogen and oxygen atoms in total. The predicted octanol–water partition coefficient (Wildman–Crippen LogP) is 2.52. The minimum atomic E-state index is -3.70. The zero-order valence-electron chi connectivity index (χ0n) is 11.9. The lowest BCUT2D eigenvalue weighted by Gasteiger charge is -2.35. The molecule has 0 amide bonds. The summed E-state index contributed by atoms with van der Waals surface area (Å²) in [5.74, 6) is -1.35. The van der Waals surface area contributed by atoms with Gasteiger partial charge in [0.15, 0.2) is 0 Å². The van der Waals surface area contributed by atoms with E-state index in [1.807, 2.05) is 6.92 Å². The summed E-state index contributed by atoms with van der Waals surface area (Å²) in [4.78, 5) is 11.1. The van der Waals surface area contributed by atoms with Crippen LogP contribution in [0.4, 0.5) is 0 Å². The zero-order valence-corrected chi connectivity index (χ0v) is 13.5. The first-order chi connectivity index (χ1) is 9.73. The lowest BCUT2D eigenvalue weighted by Crippen LogP contribution is -2.46. The molecule has 0 aliphatic carbocycles. The van der Waals surface area contributed by atoms with Gasteiger partial charge in [-0.2, -0.15) is 4.31 Å². The van der Waals surface area contributed by atoms with Crippen molar-refractivity contribution in [3.63, 3.8) is 0 Å². The van der Waals surface area contributed by atoms with E-state index in [0.717, 1.165) is 5.56 Å². The first-order valence-electron chi connectivity index (χ1n) is 6.74. The monoisotopic (exact) mass is 331 g/mol. The topological polar surface area (TPSA) is 74.7 Å². The van der Waals surface area contributed by atoms with Gasteiger partial charge >= 0.3 is 5.97 Å². The van der Waals surface area contributed by atoms with Crippen LogP contribution in [0.5, 0.6) is 0 Å². The number of halogens is 1. The number of hydrogen-bond donors (Lipinski definition) is 1. The Morgan fingerprint density at radius 1 is 1.43 bits per heavy atom. The van der Waals surface area contributed by atoms with E-state index in [0.29, 0.717) is 12.8 Å². The summed E-state index contributed by atoms with van der Waals surface area (Å²) in [6, 6.07) is 4.46. The van der Waals surface area contributed by atoms with E-state index < -0.39 is 21.9 Å². The van der Waals surface area contributed by atoms with Crippen LogP contribution in [0.25, 0.3) is 0 Å². The molecule has 1 heterocycles. The molecule has 1 aromatic rings. The van der Waals surface area contributed by atoms with E-state index in [4.69, 9.17) is 16.7 Å². The molecule has 2 atom stereocenters. The molecule has 0 spiro atoms. The maximum Gasteiger partial charge on any atom is 0.306 e. The summed E-state index contributed by atoms with van der Waals surface area (Å²) < 4.78 is 26.8. The molecule has 0 bridgehead atoms. The van der Waals surface area contributed by atoms with Gasteiger partial charge in [0.1, 0.15) is 4.90 Å². The molecular weight excluding hydrogens is 314 g/mol. The highest BCUT2D eigenvalue weighted by Crippen LogP contribution is 2.31. The van der Waals surface area contributed by atoms with Crippen LogP contribution in [0, 0.1) is 12.8 Å². The number of hydrogen-bond acceptors (Lipinski definition) is 3. The summed E-state index contributed by atoms with van der Waals surface area (Å²) in [7, 11) is -3.70. The van der Waals surface area contributed by atoms with Crippen molar-refractivity contribution in [3.05, 3.63) is 28.8 Å². The number of carboxylic acid groups (broad SMARTS) is 1. The molecule has 2 rings (SSSR count). The van der Waals surface area contributed by atoms with Crippen molar-refractivity contribution in [2.75, 3.05) is 6.54 Å². The minimum absolute atomic E-state index is 0.0791. The van der Waals surface area contributed by atoms with Gasteiger partial charge in [0.05, 0.1) is 10.9 Å². The smallest absolute Gasteiger partial charge is 0.306 e. The molecule has 1 aromatic carbocycles. The molecule has 7 heteroatoms. The van der Waals surface area contributed by atoms with Gasteiger partial charge < -0.3 is 5.11 Å². The van der Waals surface area contributed by atoms with Crippen molar-refractivity contribution < 1.29 is 18.3 Å². The summed E-state index contributed by atoms with van der Waals surface area (Å²) >= 11 is 6.06. The number of aliphatic carboxylic acids is 1. The largest absolute Gasteiger partial charge is 0.481 e. The molecular formula is C14H18ClNO4S. The van der Waals surface area contributed by atoms with E-state index in [9.17, 15) is 13.2 Å². The molecule has 0 saturated carbocycles. The van der Waals surface area contributed by atoms with Crippen molar-refractivity contribution in [3.8, 4) is 0 Å². The van der Waals surface area contributed by atoms with Gasteiger partial charge in [0, 0.05) is 12.6 Å². The van der Waals surface area contributed by atoms with Gasteiger partial charge in [-0.1, -0.05) is 17.7 Å². The van der Waals surface area contributed by atoms with Gasteiger partial charge in [-0.15, -0.1) is 0 Å². The van der Waals surface area contributed by atoms with Gasteiger partial charge in [0.25, 0.3) is 0 Å². The molecule has 1 aliphatic rings. The van der Waals surface area contributed by atoms with Crippen LogP contribution in [-0.4, -0.2) is 36.4 Å². The van der Waals surface area contributed by atoms with Crippen molar-refractivity contribution in [1.29, 1.82) is 0 Å². The number of sulfonamides is 1. The highest BCUT2D eigenvalue weighted by Gasteiger charge is 2.37. The summed E-state index contributed by atoms with van der Waals surface area (Å²) in [5, 5.41) is 9.24. The number of carboxylic acids is 1. The summed E-state index contributed by atoms with van der Waals surface area (Å²) in [5.41, 5.74) is 0.886. The second-order valence-corrected chi connectivity index (χ2v) is 7.72. The number of nitrogens with zero attached hydrogens (tertiary/aromatic N) is 1. The standard InChI is InChI=1S/C14H18ClNO4S/c1-9-3-4-13(12(15)7-9)21(19,20)16-6-5-11(14(17)18)8-10(16)2/h3-4,7,10-11H,5-6,8H2,1-2H3,(H,17,18). The first-order valence-corrected chi connectivity index (χ1v) is 8.56. The predicted molar refractivity (Wildman–Crippen MR) is 79.9 cm³/mol. The molecule has 21 heavy (non-hydrogen) atoms. The van der Waals surface area contributed by atoms with E-state index in [1.165, 1.54) is 10.4 Å². The van der Waals surface area contributed by atoms with Crippen LogP contribution in [0.3, 0.4) is 0 Å². The van der Waals surface area contributed by atoms with Crippen LogP contribution in [0.1, 0.15) is 25.3 Å². The number of aryl methyl sites for hydroxylation is 1. The summed E-state index contributed by atoms with van der Waals surface area (Å²) in [6.45, 7) is 3.77. The average molecular weight is 332 g/mol. The Hall–Kier alpha value is -1.11. The number of benzene rings is 1. The zero-order chi connectivity index (χ0) is 15.8. The molecule has 116 valence electrons. The maximum absolute atomic E-state index is 12.7. The number of rotatable bonds is 3. The first kappa shape index (κ1) is 16.3. The van der Waals surface area contributed by atoms with Crippen molar-refractivity contribution >= 4 is 27.6 Å². The van der Waals surface area contributed by atoms with Gasteiger partial charge in [-0.3, -0.25) is 4.79 Å². The highest BCUT2D eigenvalue weighted by molar-refractivity contribution is 7.89. The average Bonchev–Trinajstić information content (AvgIpc) is 2.37. The van der Waals surface area contributed by atoms with Crippen LogP contribution in [0.15, 0.2) is 23.1 Å². The van der Waals surface area contributed by atoms with Gasteiger partial charge in [0.2, 0.25) is 10.0 Å². The third-order valence-corrected chi connectivity index (χ3v) is 6.33. The van der Waals surface area contributed by atoms with E-state index in [1.54, 1.807) is 19.1 Å². The van der Waals surface area contributed by atoms with E-state index in [-0.39, 0.29) is 22.5 Å². The van der Waals surface area contributed by atoms with Gasteiger partial charge in [-0.25, -0.2) is 8.42 Å². The Balaban J connectivity index is 2.30. The van der Waals surface area contributed by atoms with Gasteiger partial charge in [-0.05, 0) is 44.4 Å². The molecule has 0 aromatic heterocycles. The van der Waals surface area contributed by atoms with Crippen LogP contribution < -0.4 is 0 Å². The Kier molecular flexibility index (Phi) is 4.60. The molecule has 2 unspecified atom stereocenters. The fourth-order valence-electron chi connectivity index (χ4n) is 2.67. The summed E-state index contributed by atoms with van der Waals surface area (Å²) in [6.07, 6.45) is 0.639. The Labute approximate surface area is 129 Å². The molecule has 1 aliphatic heterocycles. The maximum atomic E-state index is 12.7. The quantitative estimate of drug-likeness (QED) is 0.923. The Bertz CT molecular complexity index is 659. The molecule has 1 N–H and O–H groups in total. The molecule has 1 saturated heterocycles. The van der Waals surface area contributed by atoms with Crippen molar-refractivity contribution in [2.45, 2.75) is 37.6 Å². The second-order valence-electron chi connectivity index (χ2n) is 5.46. The molecule has 0 radical (unpaired) electrons. The number of carbonyl (C=O) groups is 1. The SMILES string of the molecule is Cc1ccc(S(=O)(=O)N2CCC(C(=O)O)CC2C)c(Cl)c1. The third kappa shape index (κ3) is 3.22. The van der Waals surface area contributed by atoms with E-state index in [2.05, 4.69) is 0 Å². The third-order valence-electron chi connectivity index (χ3n) is 3.84. The van der Waals surface area contributed by atoms with E-state index >= 15 is 0 Å².